The van der Waals surface area contributed by atoms with Crippen molar-refractivity contribution < 1.29 is 4.79 Å². The van der Waals surface area contributed by atoms with Crippen LogP contribution in [0.15, 0.2) is 18.2 Å². The molecular formula is C15H20Cl2N2O. The first kappa shape index (κ1) is 15.6. The molecule has 1 aromatic rings. The number of nitrogens with two attached hydrogens (primary N) is 1. The molecule has 1 aliphatic rings. The largest absolute Gasteiger partial charge is 0.350 e. The van der Waals surface area contributed by atoms with Gasteiger partial charge in [-0.05, 0) is 37.5 Å². The molecule has 1 aliphatic carbocycles. The number of carbonyl (C=O) groups is 1. The molecule has 1 atom stereocenters. The molecule has 0 heterocycles. The first-order valence-corrected chi connectivity index (χ1v) is 7.68. The van der Waals surface area contributed by atoms with Crippen LogP contribution in [0.25, 0.3) is 0 Å². The van der Waals surface area contributed by atoms with E-state index in [0.717, 1.165) is 31.2 Å². The number of rotatable bonds is 4. The maximum Gasteiger partial charge on any atom is 0.222 e. The summed E-state index contributed by atoms with van der Waals surface area (Å²) in [5.41, 5.74) is 6.84. The minimum absolute atomic E-state index is 0.00651. The second-order valence-electron chi connectivity index (χ2n) is 5.71. The van der Waals surface area contributed by atoms with Crippen molar-refractivity contribution in [3.8, 4) is 0 Å². The van der Waals surface area contributed by atoms with E-state index >= 15 is 0 Å². The van der Waals surface area contributed by atoms with E-state index in [0.29, 0.717) is 16.5 Å². The van der Waals surface area contributed by atoms with E-state index in [1.807, 2.05) is 13.0 Å². The zero-order valence-electron chi connectivity index (χ0n) is 11.6. The second kappa shape index (κ2) is 6.33. The Bertz CT molecular complexity index is 499. The van der Waals surface area contributed by atoms with Gasteiger partial charge in [0.05, 0.1) is 16.1 Å². The molecule has 1 aromatic carbocycles. The molecule has 3 nitrogen and oxygen atoms in total. The molecule has 1 amide bonds. The van der Waals surface area contributed by atoms with Gasteiger partial charge in [0.25, 0.3) is 0 Å². The molecule has 20 heavy (non-hydrogen) atoms. The second-order valence-corrected chi connectivity index (χ2v) is 6.52. The first-order valence-electron chi connectivity index (χ1n) is 6.93. The zero-order chi connectivity index (χ0) is 14.8. The molecule has 110 valence electrons. The number of nitrogens with one attached hydrogen (secondary N) is 1. The SMILES string of the molecule is CC(NC(=O)CC1(N)CCCC1)c1ccc(Cl)c(Cl)c1. The Hall–Kier alpha value is -0.770. The van der Waals surface area contributed by atoms with Gasteiger partial charge in [0.2, 0.25) is 5.91 Å². The van der Waals surface area contributed by atoms with E-state index < -0.39 is 0 Å². The van der Waals surface area contributed by atoms with Crippen LogP contribution in [0.5, 0.6) is 0 Å². The van der Waals surface area contributed by atoms with Gasteiger partial charge in [0, 0.05) is 12.0 Å². The fourth-order valence-electron chi connectivity index (χ4n) is 2.73. The van der Waals surface area contributed by atoms with Crippen molar-refractivity contribution in [1.29, 1.82) is 0 Å². The summed E-state index contributed by atoms with van der Waals surface area (Å²) in [7, 11) is 0. The zero-order valence-corrected chi connectivity index (χ0v) is 13.1. The maximum absolute atomic E-state index is 12.1. The minimum Gasteiger partial charge on any atom is -0.350 e. The van der Waals surface area contributed by atoms with Crippen LogP contribution < -0.4 is 11.1 Å². The fourth-order valence-corrected chi connectivity index (χ4v) is 3.04. The lowest BCUT2D eigenvalue weighted by atomic mass is 9.94. The number of carbonyl (C=O) groups excluding carboxylic acids is 1. The van der Waals surface area contributed by atoms with Crippen molar-refractivity contribution in [2.24, 2.45) is 5.73 Å². The van der Waals surface area contributed by atoms with Gasteiger partial charge in [0.1, 0.15) is 0 Å². The Morgan fingerprint density at radius 3 is 2.60 bits per heavy atom. The van der Waals surface area contributed by atoms with Crippen LogP contribution >= 0.6 is 23.2 Å². The van der Waals surface area contributed by atoms with Crippen LogP contribution in [0, 0.1) is 0 Å². The van der Waals surface area contributed by atoms with Crippen LogP contribution in [0.2, 0.25) is 10.0 Å². The van der Waals surface area contributed by atoms with Crippen molar-refractivity contribution in [3.63, 3.8) is 0 Å². The molecule has 0 aromatic heterocycles. The monoisotopic (exact) mass is 314 g/mol. The minimum atomic E-state index is -0.318. The molecule has 3 N–H and O–H groups in total. The summed E-state index contributed by atoms with van der Waals surface area (Å²) in [5, 5.41) is 3.99. The van der Waals surface area contributed by atoms with Crippen LogP contribution in [0.3, 0.4) is 0 Å². The molecular weight excluding hydrogens is 295 g/mol. The predicted octanol–water partition coefficient (Wildman–Crippen LogP) is 3.83. The number of benzene rings is 1. The predicted molar refractivity (Wildman–Crippen MR) is 83.0 cm³/mol. The van der Waals surface area contributed by atoms with Gasteiger partial charge in [-0.15, -0.1) is 0 Å². The summed E-state index contributed by atoms with van der Waals surface area (Å²) >= 11 is 11.9. The van der Waals surface area contributed by atoms with E-state index in [2.05, 4.69) is 5.32 Å². The summed E-state index contributed by atoms with van der Waals surface area (Å²) < 4.78 is 0. The molecule has 1 saturated carbocycles. The average molecular weight is 315 g/mol. The van der Waals surface area contributed by atoms with Gasteiger partial charge < -0.3 is 11.1 Å². The van der Waals surface area contributed by atoms with E-state index in [4.69, 9.17) is 28.9 Å². The van der Waals surface area contributed by atoms with E-state index in [1.165, 1.54) is 0 Å². The third-order valence-electron chi connectivity index (χ3n) is 3.93. The molecule has 0 aliphatic heterocycles. The number of hydrogen-bond donors (Lipinski definition) is 2. The third kappa shape index (κ3) is 3.87. The topological polar surface area (TPSA) is 55.1 Å². The van der Waals surface area contributed by atoms with Crippen molar-refractivity contribution in [2.75, 3.05) is 0 Å². The average Bonchev–Trinajstić information content (AvgIpc) is 2.78. The third-order valence-corrected chi connectivity index (χ3v) is 4.67. The first-order chi connectivity index (χ1) is 9.39. The Morgan fingerprint density at radius 1 is 1.35 bits per heavy atom. The molecule has 0 spiro atoms. The van der Waals surface area contributed by atoms with Crippen LogP contribution in [0.1, 0.15) is 50.6 Å². The lowest BCUT2D eigenvalue weighted by Crippen LogP contribution is -2.42. The molecule has 1 fully saturated rings. The van der Waals surface area contributed by atoms with Crippen molar-refractivity contribution in [3.05, 3.63) is 33.8 Å². The summed E-state index contributed by atoms with van der Waals surface area (Å²) in [5.74, 6) is -0.00651. The van der Waals surface area contributed by atoms with Gasteiger partial charge in [0.15, 0.2) is 0 Å². The fraction of sp³-hybridized carbons (Fsp3) is 0.533. The normalized spacial score (nSPS) is 18.8. The molecule has 0 saturated heterocycles. The van der Waals surface area contributed by atoms with Gasteiger partial charge >= 0.3 is 0 Å². The highest BCUT2D eigenvalue weighted by Crippen LogP contribution is 2.30. The van der Waals surface area contributed by atoms with Crippen LogP contribution in [-0.4, -0.2) is 11.4 Å². The Kier molecular flexibility index (Phi) is 4.95. The Balaban J connectivity index is 1.94. The number of amides is 1. The Morgan fingerprint density at radius 2 is 2.00 bits per heavy atom. The van der Waals surface area contributed by atoms with Crippen LogP contribution in [-0.2, 0) is 4.79 Å². The summed E-state index contributed by atoms with van der Waals surface area (Å²) in [4.78, 5) is 12.1. The van der Waals surface area contributed by atoms with E-state index in [9.17, 15) is 4.79 Å². The van der Waals surface area contributed by atoms with E-state index in [1.54, 1.807) is 12.1 Å². The van der Waals surface area contributed by atoms with Crippen molar-refractivity contribution >= 4 is 29.1 Å². The quantitative estimate of drug-likeness (QED) is 0.887. The Labute approximate surface area is 129 Å². The van der Waals surface area contributed by atoms with Gasteiger partial charge in [-0.2, -0.15) is 0 Å². The van der Waals surface area contributed by atoms with E-state index in [-0.39, 0.29) is 17.5 Å². The molecule has 0 radical (unpaired) electrons. The molecule has 2 rings (SSSR count). The number of hydrogen-bond acceptors (Lipinski definition) is 2. The smallest absolute Gasteiger partial charge is 0.222 e. The summed E-state index contributed by atoms with van der Waals surface area (Å²) in [6.45, 7) is 1.93. The highest BCUT2D eigenvalue weighted by molar-refractivity contribution is 6.42. The van der Waals surface area contributed by atoms with Crippen molar-refractivity contribution in [1.82, 2.24) is 5.32 Å². The summed E-state index contributed by atoms with van der Waals surface area (Å²) in [6.07, 6.45) is 4.49. The highest BCUT2D eigenvalue weighted by Gasteiger charge is 2.31. The summed E-state index contributed by atoms with van der Waals surface area (Å²) in [6, 6.07) is 5.28. The van der Waals surface area contributed by atoms with Crippen molar-refractivity contribution in [2.45, 2.75) is 50.6 Å². The highest BCUT2D eigenvalue weighted by atomic mass is 35.5. The molecule has 5 heteroatoms. The number of halogens is 2. The lowest BCUT2D eigenvalue weighted by molar-refractivity contribution is -0.122. The molecule has 1 unspecified atom stereocenters. The van der Waals surface area contributed by atoms with Gasteiger partial charge in [-0.1, -0.05) is 42.1 Å². The van der Waals surface area contributed by atoms with Gasteiger partial charge in [-0.25, -0.2) is 0 Å². The molecule has 0 bridgehead atoms. The standard InChI is InChI=1S/C15H20Cl2N2O/c1-10(11-4-5-12(16)13(17)8-11)19-14(20)9-15(18)6-2-3-7-15/h4-5,8,10H,2-3,6-7,9,18H2,1H3,(H,19,20). The van der Waals surface area contributed by atoms with Gasteiger partial charge in [-0.3, -0.25) is 4.79 Å². The lowest BCUT2D eigenvalue weighted by Gasteiger charge is -2.24. The van der Waals surface area contributed by atoms with Crippen LogP contribution in [0.4, 0.5) is 0 Å². The maximum atomic E-state index is 12.1.